The van der Waals surface area contributed by atoms with Crippen molar-refractivity contribution in [3.05, 3.63) is 41.5 Å². The number of halogens is 1. The first-order valence-corrected chi connectivity index (χ1v) is 8.51. The van der Waals surface area contributed by atoms with Gasteiger partial charge in [-0.1, -0.05) is 12.1 Å². The van der Waals surface area contributed by atoms with Gasteiger partial charge in [0, 0.05) is 26.1 Å². The summed E-state index contributed by atoms with van der Waals surface area (Å²) in [6.45, 7) is 5.03. The van der Waals surface area contributed by atoms with E-state index < -0.39 is 6.04 Å². The van der Waals surface area contributed by atoms with Gasteiger partial charge < -0.3 is 9.80 Å². The average Bonchev–Trinajstić information content (AvgIpc) is 2.90. The zero-order chi connectivity index (χ0) is 17.8. The molecule has 1 aromatic carbocycles. The summed E-state index contributed by atoms with van der Waals surface area (Å²) in [6, 6.07) is 5.69. The summed E-state index contributed by atoms with van der Waals surface area (Å²) < 4.78 is 14.7. The Bertz CT molecular complexity index is 716. The van der Waals surface area contributed by atoms with E-state index in [-0.39, 0.29) is 11.7 Å². The van der Waals surface area contributed by atoms with Crippen molar-refractivity contribution in [2.45, 2.75) is 25.8 Å². The Hall–Kier alpha value is -2.35. The lowest BCUT2D eigenvalue weighted by atomic mass is 10.0. The Balaban J connectivity index is 1.84. The number of carbonyl (C=O) groups excluding carboxylic acids is 1. The second kappa shape index (κ2) is 7.69. The molecule has 0 N–H and O–H groups in total. The minimum absolute atomic E-state index is 0.00928. The standard InChI is InChI=1S/C17H23FN6O/c1-13-19-20-21-24(13)16(12-14-4-6-15(18)7-5-14)17(25)23-9-3-8-22(2)10-11-23/h4-7,16H,3,8-12H2,1-2H3. The van der Waals surface area contributed by atoms with Crippen molar-refractivity contribution >= 4 is 5.91 Å². The monoisotopic (exact) mass is 346 g/mol. The van der Waals surface area contributed by atoms with Crippen molar-refractivity contribution in [1.29, 1.82) is 0 Å². The number of nitrogens with zero attached hydrogens (tertiary/aromatic N) is 6. The second-order valence-corrected chi connectivity index (χ2v) is 6.50. The van der Waals surface area contributed by atoms with Gasteiger partial charge in [-0.15, -0.1) is 5.10 Å². The topological polar surface area (TPSA) is 67.2 Å². The number of aromatic nitrogens is 4. The van der Waals surface area contributed by atoms with Gasteiger partial charge >= 0.3 is 0 Å². The normalized spacial score (nSPS) is 17.3. The average molecular weight is 346 g/mol. The van der Waals surface area contributed by atoms with E-state index in [4.69, 9.17) is 0 Å². The third kappa shape index (κ3) is 4.19. The van der Waals surface area contributed by atoms with Crippen LogP contribution in [0.15, 0.2) is 24.3 Å². The van der Waals surface area contributed by atoms with Gasteiger partial charge in [0.1, 0.15) is 17.7 Å². The van der Waals surface area contributed by atoms with Crippen molar-refractivity contribution in [3.8, 4) is 0 Å². The maximum atomic E-state index is 13.2. The molecule has 134 valence electrons. The fourth-order valence-corrected chi connectivity index (χ4v) is 3.13. The molecule has 1 aliphatic heterocycles. The Morgan fingerprint density at radius 2 is 1.96 bits per heavy atom. The lowest BCUT2D eigenvalue weighted by Crippen LogP contribution is -2.41. The summed E-state index contributed by atoms with van der Waals surface area (Å²) in [5.74, 6) is 0.309. The van der Waals surface area contributed by atoms with Crippen LogP contribution in [0.25, 0.3) is 0 Å². The van der Waals surface area contributed by atoms with Crippen LogP contribution in [-0.2, 0) is 11.2 Å². The smallest absolute Gasteiger partial charge is 0.247 e. The highest BCUT2D eigenvalue weighted by molar-refractivity contribution is 5.80. The summed E-state index contributed by atoms with van der Waals surface area (Å²) >= 11 is 0. The van der Waals surface area contributed by atoms with Crippen molar-refractivity contribution in [2.75, 3.05) is 33.2 Å². The quantitative estimate of drug-likeness (QED) is 0.828. The van der Waals surface area contributed by atoms with Crippen LogP contribution in [0.1, 0.15) is 23.9 Å². The molecular formula is C17H23FN6O. The number of likely N-dealkylation sites (N-methyl/N-ethyl adjacent to an activating group) is 1. The summed E-state index contributed by atoms with van der Waals surface area (Å²) in [7, 11) is 2.06. The molecule has 7 nitrogen and oxygen atoms in total. The molecule has 0 radical (unpaired) electrons. The number of tetrazole rings is 1. The van der Waals surface area contributed by atoms with Crippen LogP contribution in [0.5, 0.6) is 0 Å². The van der Waals surface area contributed by atoms with Gasteiger partial charge in [0.25, 0.3) is 0 Å². The van der Waals surface area contributed by atoms with Gasteiger partial charge in [-0.25, -0.2) is 9.07 Å². The van der Waals surface area contributed by atoms with Crippen LogP contribution in [0.4, 0.5) is 4.39 Å². The largest absolute Gasteiger partial charge is 0.339 e. The SMILES string of the molecule is Cc1nnnn1C(Cc1ccc(F)cc1)C(=O)N1CCCN(C)CC1. The lowest BCUT2D eigenvalue weighted by Gasteiger charge is -2.26. The third-order valence-electron chi connectivity index (χ3n) is 4.61. The maximum Gasteiger partial charge on any atom is 0.247 e. The molecule has 25 heavy (non-hydrogen) atoms. The zero-order valence-corrected chi connectivity index (χ0v) is 14.6. The van der Waals surface area contributed by atoms with Gasteiger partial charge in [0.15, 0.2) is 0 Å². The summed E-state index contributed by atoms with van der Waals surface area (Å²) in [5, 5.41) is 11.6. The molecule has 0 spiro atoms. The zero-order valence-electron chi connectivity index (χ0n) is 14.6. The predicted molar refractivity (Wildman–Crippen MR) is 90.4 cm³/mol. The molecule has 0 saturated carbocycles. The molecule has 1 aliphatic rings. The van der Waals surface area contributed by atoms with Gasteiger partial charge in [-0.2, -0.15) is 0 Å². The van der Waals surface area contributed by atoms with E-state index >= 15 is 0 Å². The van der Waals surface area contributed by atoms with Crippen LogP contribution >= 0.6 is 0 Å². The first kappa shape index (κ1) is 17.5. The summed E-state index contributed by atoms with van der Waals surface area (Å²) in [5.41, 5.74) is 0.876. The molecule has 1 unspecified atom stereocenters. The Morgan fingerprint density at radius 1 is 1.20 bits per heavy atom. The highest BCUT2D eigenvalue weighted by Gasteiger charge is 2.29. The Labute approximate surface area is 146 Å². The molecule has 1 saturated heterocycles. The number of amides is 1. The van der Waals surface area contributed by atoms with Gasteiger partial charge in [0.05, 0.1) is 0 Å². The van der Waals surface area contributed by atoms with E-state index in [1.807, 2.05) is 4.90 Å². The van der Waals surface area contributed by atoms with E-state index in [2.05, 4.69) is 27.5 Å². The van der Waals surface area contributed by atoms with Crippen molar-refractivity contribution in [3.63, 3.8) is 0 Å². The molecule has 1 aromatic heterocycles. The van der Waals surface area contributed by atoms with Crippen molar-refractivity contribution in [1.82, 2.24) is 30.0 Å². The van der Waals surface area contributed by atoms with Gasteiger partial charge in [-0.05, 0) is 55.1 Å². The number of aryl methyl sites for hydroxylation is 1. The van der Waals surface area contributed by atoms with E-state index in [9.17, 15) is 9.18 Å². The van der Waals surface area contributed by atoms with Gasteiger partial charge in [-0.3, -0.25) is 4.79 Å². The number of carbonyl (C=O) groups is 1. The van der Waals surface area contributed by atoms with E-state index in [1.54, 1.807) is 23.7 Å². The minimum atomic E-state index is -0.524. The molecule has 2 heterocycles. The molecule has 2 aromatic rings. The fourth-order valence-electron chi connectivity index (χ4n) is 3.13. The number of hydrogen-bond acceptors (Lipinski definition) is 5. The van der Waals surface area contributed by atoms with E-state index in [0.717, 1.165) is 31.6 Å². The number of rotatable bonds is 4. The van der Waals surface area contributed by atoms with E-state index in [0.29, 0.717) is 18.8 Å². The van der Waals surface area contributed by atoms with Crippen LogP contribution in [0, 0.1) is 12.7 Å². The highest BCUT2D eigenvalue weighted by Crippen LogP contribution is 2.19. The van der Waals surface area contributed by atoms with Gasteiger partial charge in [0.2, 0.25) is 5.91 Å². The predicted octanol–water partition coefficient (Wildman–Crippen LogP) is 1.07. The molecule has 1 amide bonds. The molecule has 0 aliphatic carbocycles. The molecule has 0 bridgehead atoms. The minimum Gasteiger partial charge on any atom is -0.339 e. The second-order valence-electron chi connectivity index (χ2n) is 6.50. The fraction of sp³-hybridized carbons (Fsp3) is 0.529. The highest BCUT2D eigenvalue weighted by atomic mass is 19.1. The summed E-state index contributed by atoms with van der Waals surface area (Å²) in [6.07, 6.45) is 1.37. The molecule has 8 heteroatoms. The first-order valence-electron chi connectivity index (χ1n) is 8.51. The van der Waals surface area contributed by atoms with Crippen LogP contribution < -0.4 is 0 Å². The first-order chi connectivity index (χ1) is 12.0. The molecular weight excluding hydrogens is 323 g/mol. The van der Waals surface area contributed by atoms with Crippen molar-refractivity contribution < 1.29 is 9.18 Å². The number of hydrogen-bond donors (Lipinski definition) is 0. The number of benzene rings is 1. The molecule has 3 rings (SSSR count). The van der Waals surface area contributed by atoms with Crippen LogP contribution in [0.3, 0.4) is 0 Å². The van der Waals surface area contributed by atoms with Crippen molar-refractivity contribution in [2.24, 2.45) is 0 Å². The maximum absolute atomic E-state index is 13.2. The van der Waals surface area contributed by atoms with Crippen LogP contribution in [-0.4, -0.2) is 69.1 Å². The summed E-state index contributed by atoms with van der Waals surface area (Å²) in [4.78, 5) is 17.3. The van der Waals surface area contributed by atoms with E-state index in [1.165, 1.54) is 12.1 Å². The van der Waals surface area contributed by atoms with Crippen LogP contribution in [0.2, 0.25) is 0 Å². The third-order valence-corrected chi connectivity index (χ3v) is 4.61. The lowest BCUT2D eigenvalue weighted by molar-refractivity contribution is -0.135. The molecule has 1 atom stereocenters. The Kier molecular flexibility index (Phi) is 5.37. The Morgan fingerprint density at radius 3 is 2.64 bits per heavy atom. The molecule has 1 fully saturated rings.